The van der Waals surface area contributed by atoms with Crippen LogP contribution in [-0.2, 0) is 5.54 Å². The number of hydrogen-bond acceptors (Lipinski definition) is 4. The first kappa shape index (κ1) is 12.2. The smallest absolute Gasteiger partial charge is 0.261 e. The maximum Gasteiger partial charge on any atom is 0.261 e. The summed E-state index contributed by atoms with van der Waals surface area (Å²) in [6.45, 7) is 0. The SMILES string of the molecule is NC1(c2noc(-c3cccc(F)c3F)n2)CCCC1. The second kappa shape index (κ2) is 4.38. The quantitative estimate of drug-likeness (QED) is 0.906. The van der Waals surface area contributed by atoms with Gasteiger partial charge in [0.1, 0.15) is 0 Å². The van der Waals surface area contributed by atoms with E-state index in [0.29, 0.717) is 5.82 Å². The van der Waals surface area contributed by atoms with Gasteiger partial charge in [0.15, 0.2) is 17.5 Å². The molecule has 3 rings (SSSR count). The Labute approximate surface area is 108 Å². The van der Waals surface area contributed by atoms with Crippen molar-refractivity contribution in [3.63, 3.8) is 0 Å². The minimum atomic E-state index is -0.991. The van der Waals surface area contributed by atoms with Gasteiger partial charge in [-0.1, -0.05) is 24.1 Å². The van der Waals surface area contributed by atoms with Gasteiger partial charge in [0, 0.05) is 0 Å². The van der Waals surface area contributed by atoms with E-state index in [1.165, 1.54) is 12.1 Å². The zero-order valence-corrected chi connectivity index (χ0v) is 10.2. The predicted molar refractivity (Wildman–Crippen MR) is 64.0 cm³/mol. The van der Waals surface area contributed by atoms with Crippen LogP contribution in [0.15, 0.2) is 22.7 Å². The molecule has 100 valence electrons. The Kier molecular flexibility index (Phi) is 2.82. The third-order valence-electron chi connectivity index (χ3n) is 3.55. The van der Waals surface area contributed by atoms with E-state index in [0.717, 1.165) is 31.7 Å². The third kappa shape index (κ3) is 2.02. The third-order valence-corrected chi connectivity index (χ3v) is 3.55. The van der Waals surface area contributed by atoms with Crippen LogP contribution >= 0.6 is 0 Å². The Bertz CT molecular complexity index is 606. The maximum absolute atomic E-state index is 13.6. The molecule has 4 nitrogen and oxygen atoms in total. The molecule has 6 heteroatoms. The highest BCUT2D eigenvalue weighted by Gasteiger charge is 2.36. The summed E-state index contributed by atoms with van der Waals surface area (Å²) >= 11 is 0. The second-order valence-corrected chi connectivity index (χ2v) is 4.89. The molecule has 0 amide bonds. The number of aromatic nitrogens is 2. The summed E-state index contributed by atoms with van der Waals surface area (Å²) in [5, 5.41) is 3.82. The molecule has 1 aliphatic carbocycles. The summed E-state index contributed by atoms with van der Waals surface area (Å²) in [5.41, 5.74) is 5.54. The van der Waals surface area contributed by atoms with Crippen LogP contribution < -0.4 is 5.73 Å². The lowest BCUT2D eigenvalue weighted by molar-refractivity contribution is 0.371. The van der Waals surface area contributed by atoms with Crippen molar-refractivity contribution in [3.8, 4) is 11.5 Å². The van der Waals surface area contributed by atoms with Gasteiger partial charge in [0.05, 0.1) is 11.1 Å². The van der Waals surface area contributed by atoms with E-state index in [1.54, 1.807) is 0 Å². The molecule has 0 saturated heterocycles. The Morgan fingerprint density at radius 1 is 1.21 bits per heavy atom. The molecule has 1 aromatic carbocycles. The van der Waals surface area contributed by atoms with Crippen LogP contribution in [0.3, 0.4) is 0 Å². The van der Waals surface area contributed by atoms with Crippen molar-refractivity contribution in [1.29, 1.82) is 0 Å². The van der Waals surface area contributed by atoms with Crippen molar-refractivity contribution in [1.82, 2.24) is 10.1 Å². The first-order valence-electron chi connectivity index (χ1n) is 6.18. The lowest BCUT2D eigenvalue weighted by Crippen LogP contribution is -2.34. The van der Waals surface area contributed by atoms with Crippen molar-refractivity contribution in [3.05, 3.63) is 35.7 Å². The monoisotopic (exact) mass is 265 g/mol. The van der Waals surface area contributed by atoms with E-state index < -0.39 is 17.2 Å². The van der Waals surface area contributed by atoms with Gasteiger partial charge in [0.2, 0.25) is 0 Å². The van der Waals surface area contributed by atoms with Gasteiger partial charge in [-0.3, -0.25) is 0 Å². The number of hydrogen-bond donors (Lipinski definition) is 1. The van der Waals surface area contributed by atoms with Crippen molar-refractivity contribution in [2.24, 2.45) is 5.73 Å². The summed E-state index contributed by atoms with van der Waals surface area (Å²) < 4.78 is 31.8. The zero-order chi connectivity index (χ0) is 13.5. The van der Waals surface area contributed by atoms with Crippen LogP contribution in [0.5, 0.6) is 0 Å². The van der Waals surface area contributed by atoms with E-state index in [9.17, 15) is 8.78 Å². The standard InChI is InChI=1S/C13H13F2N3O/c14-9-5-3-4-8(10(9)15)11-17-12(18-19-11)13(16)6-1-2-7-13/h3-5H,1-2,6-7,16H2. The second-order valence-electron chi connectivity index (χ2n) is 4.89. The fraction of sp³-hybridized carbons (Fsp3) is 0.385. The van der Waals surface area contributed by atoms with Crippen LogP contribution in [0.4, 0.5) is 8.78 Å². The summed E-state index contributed by atoms with van der Waals surface area (Å²) in [7, 11) is 0. The predicted octanol–water partition coefficient (Wildman–Crippen LogP) is 2.74. The zero-order valence-electron chi connectivity index (χ0n) is 10.2. The van der Waals surface area contributed by atoms with Crippen LogP contribution in [0.25, 0.3) is 11.5 Å². The molecule has 0 unspecified atom stereocenters. The molecule has 1 saturated carbocycles. The summed E-state index contributed by atoms with van der Waals surface area (Å²) in [5.74, 6) is -1.61. The van der Waals surface area contributed by atoms with Crippen molar-refractivity contribution in [2.75, 3.05) is 0 Å². The number of halogens is 2. The molecule has 1 fully saturated rings. The van der Waals surface area contributed by atoms with Crippen molar-refractivity contribution in [2.45, 2.75) is 31.2 Å². The molecule has 19 heavy (non-hydrogen) atoms. The van der Waals surface area contributed by atoms with E-state index in [2.05, 4.69) is 10.1 Å². The maximum atomic E-state index is 13.6. The summed E-state index contributed by atoms with van der Waals surface area (Å²) in [4.78, 5) is 4.13. The molecule has 0 spiro atoms. The lowest BCUT2D eigenvalue weighted by Gasteiger charge is -2.17. The van der Waals surface area contributed by atoms with E-state index in [-0.39, 0.29) is 11.5 Å². The first-order valence-corrected chi connectivity index (χ1v) is 6.18. The largest absolute Gasteiger partial charge is 0.334 e. The van der Waals surface area contributed by atoms with Crippen molar-refractivity contribution < 1.29 is 13.3 Å². The van der Waals surface area contributed by atoms with Crippen LogP contribution in [0, 0.1) is 11.6 Å². The minimum Gasteiger partial charge on any atom is -0.334 e. The van der Waals surface area contributed by atoms with Gasteiger partial charge in [-0.25, -0.2) is 8.78 Å². The summed E-state index contributed by atoms with van der Waals surface area (Å²) in [6, 6.07) is 3.83. The average molecular weight is 265 g/mol. The van der Waals surface area contributed by atoms with Crippen LogP contribution in [0.2, 0.25) is 0 Å². The van der Waals surface area contributed by atoms with Crippen molar-refractivity contribution >= 4 is 0 Å². The first-order chi connectivity index (χ1) is 9.10. The molecule has 2 aromatic rings. The highest BCUT2D eigenvalue weighted by atomic mass is 19.2. The van der Waals surface area contributed by atoms with Gasteiger partial charge in [-0.2, -0.15) is 4.98 Å². The van der Waals surface area contributed by atoms with Gasteiger partial charge in [-0.15, -0.1) is 0 Å². The molecule has 0 bridgehead atoms. The Morgan fingerprint density at radius 3 is 2.68 bits per heavy atom. The topological polar surface area (TPSA) is 64.9 Å². The molecule has 1 heterocycles. The molecule has 0 aliphatic heterocycles. The van der Waals surface area contributed by atoms with E-state index in [1.807, 2.05) is 0 Å². The number of rotatable bonds is 2. The Morgan fingerprint density at radius 2 is 1.95 bits per heavy atom. The Balaban J connectivity index is 1.99. The molecular formula is C13H13F2N3O. The van der Waals surface area contributed by atoms with Crippen LogP contribution in [0.1, 0.15) is 31.5 Å². The molecule has 2 N–H and O–H groups in total. The summed E-state index contributed by atoms with van der Waals surface area (Å²) in [6.07, 6.45) is 3.57. The fourth-order valence-electron chi connectivity index (χ4n) is 2.43. The fourth-order valence-corrected chi connectivity index (χ4v) is 2.43. The highest BCUT2D eigenvalue weighted by molar-refractivity contribution is 5.53. The number of nitrogens with zero attached hydrogens (tertiary/aromatic N) is 2. The van der Waals surface area contributed by atoms with E-state index in [4.69, 9.17) is 10.3 Å². The lowest BCUT2D eigenvalue weighted by atomic mass is 9.99. The molecule has 0 radical (unpaired) electrons. The molecule has 0 atom stereocenters. The van der Waals surface area contributed by atoms with Gasteiger partial charge >= 0.3 is 0 Å². The average Bonchev–Trinajstić information content (AvgIpc) is 3.02. The molecule has 1 aromatic heterocycles. The normalized spacial score (nSPS) is 17.8. The molecule has 1 aliphatic rings. The van der Waals surface area contributed by atoms with Crippen LogP contribution in [-0.4, -0.2) is 10.1 Å². The van der Waals surface area contributed by atoms with Gasteiger partial charge in [-0.05, 0) is 25.0 Å². The van der Waals surface area contributed by atoms with Gasteiger partial charge in [0.25, 0.3) is 5.89 Å². The van der Waals surface area contributed by atoms with Gasteiger partial charge < -0.3 is 10.3 Å². The Hall–Kier alpha value is -1.82. The minimum absolute atomic E-state index is 0.0382. The number of nitrogens with two attached hydrogens (primary N) is 1. The highest BCUT2D eigenvalue weighted by Crippen LogP contribution is 2.35. The molecular weight excluding hydrogens is 252 g/mol. The number of benzene rings is 1. The van der Waals surface area contributed by atoms with E-state index >= 15 is 0 Å².